The lowest BCUT2D eigenvalue weighted by molar-refractivity contribution is -0.125. The van der Waals surface area contributed by atoms with E-state index in [9.17, 15) is 28.8 Å². The predicted molar refractivity (Wildman–Crippen MR) is 303 cm³/mol. The molecule has 3 aliphatic rings. The van der Waals surface area contributed by atoms with Gasteiger partial charge in [-0.05, 0) is 86.1 Å². The average Bonchev–Trinajstić information content (AvgIpc) is 4.14. The van der Waals surface area contributed by atoms with E-state index in [2.05, 4.69) is 66.5 Å². The van der Waals surface area contributed by atoms with Gasteiger partial charge in [-0.3, -0.25) is 67.5 Å². The molecule has 0 aliphatic carbocycles. The Kier molecular flexibility index (Phi) is 18.2. The Balaban J connectivity index is 0.960. The van der Waals surface area contributed by atoms with Crippen LogP contribution >= 0.6 is 0 Å². The Bertz CT molecular complexity index is 2990. The second kappa shape index (κ2) is 24.7. The van der Waals surface area contributed by atoms with Gasteiger partial charge in [0.25, 0.3) is 0 Å². The summed E-state index contributed by atoms with van der Waals surface area (Å²) in [5.41, 5.74) is 2.37. The highest BCUT2D eigenvalue weighted by Crippen LogP contribution is 2.33. The highest BCUT2D eigenvalue weighted by molar-refractivity contribution is 6.03. The maximum Gasteiger partial charge on any atom is 0.239 e. The van der Waals surface area contributed by atoms with Gasteiger partial charge >= 0.3 is 0 Å². The minimum absolute atomic E-state index is 0.0146. The van der Waals surface area contributed by atoms with Crippen molar-refractivity contribution in [3.05, 3.63) is 48.0 Å². The number of fused-ring (bicyclic) bond motifs is 2. The van der Waals surface area contributed by atoms with Crippen molar-refractivity contribution in [2.75, 3.05) is 134 Å². The standard InChI is InChI=1S/C55H81N17O7/c1-53(2,3)59-47(76)34-69-22-16-66(17-23-69)31-44(73)56-43-29-40(62-65(43)10)37-14-15-41-39(28-37)51(57-45(74)32-67-18-24-70(25-19-67)35-48(77)60-54(4,5)6)63-72(41)30-38-12-11-13-42-50(38)52(64-79-42)58-46(75)33-68-20-26-71(27-21-68)36-49(78)61-55(7,8)9/h11-15,28-29H,16-27,30-36H2,1-10H3,(H,56,73)(H,59,76)(H,60,77)(H,61,78)(H,57,63,74)(H,58,64,75). The van der Waals surface area contributed by atoms with Crippen LogP contribution in [0.25, 0.3) is 33.1 Å². The van der Waals surface area contributed by atoms with E-state index in [4.69, 9.17) is 14.7 Å². The van der Waals surface area contributed by atoms with Crippen LogP contribution in [-0.4, -0.2) is 224 Å². The second-order valence-corrected chi connectivity index (χ2v) is 24.3. The molecule has 0 atom stereocenters. The number of carbonyl (C=O) groups is 6. The van der Waals surface area contributed by atoms with E-state index in [1.54, 1.807) is 22.5 Å². The Morgan fingerprint density at radius 3 is 1.37 bits per heavy atom. The number of hydrogen-bond acceptors (Lipinski definition) is 16. The third-order valence-corrected chi connectivity index (χ3v) is 13.8. The number of aryl methyl sites for hydroxylation is 1. The van der Waals surface area contributed by atoms with Crippen LogP contribution in [0.3, 0.4) is 0 Å². The van der Waals surface area contributed by atoms with Crippen LogP contribution < -0.4 is 31.9 Å². The smallest absolute Gasteiger partial charge is 0.239 e. The summed E-state index contributed by atoms with van der Waals surface area (Å²) >= 11 is 0. The maximum absolute atomic E-state index is 14.0. The third kappa shape index (κ3) is 16.8. The Labute approximate surface area is 462 Å². The summed E-state index contributed by atoms with van der Waals surface area (Å²) in [5, 5.41) is 33.5. The van der Waals surface area contributed by atoms with E-state index in [0.717, 1.165) is 16.6 Å². The normalized spacial score (nSPS) is 17.0. The van der Waals surface area contributed by atoms with Crippen molar-refractivity contribution in [1.82, 2.24) is 70.1 Å². The molecule has 3 aromatic heterocycles. The number of rotatable bonds is 18. The van der Waals surface area contributed by atoms with Crippen LogP contribution in [0.2, 0.25) is 0 Å². The monoisotopic (exact) mass is 1090 g/mol. The molecule has 2 aromatic carbocycles. The number of nitrogens with one attached hydrogen (secondary N) is 6. The minimum Gasteiger partial charge on any atom is -0.354 e. The number of carbonyl (C=O) groups excluding carboxylic acids is 6. The fraction of sp³-hybridized carbons (Fsp3) is 0.582. The van der Waals surface area contributed by atoms with Crippen LogP contribution in [0.4, 0.5) is 17.5 Å². The molecule has 5 aromatic rings. The molecule has 6 heterocycles. The molecule has 0 bridgehead atoms. The molecule has 0 radical (unpaired) electrons. The zero-order chi connectivity index (χ0) is 56.8. The van der Waals surface area contributed by atoms with Crippen molar-refractivity contribution in [2.45, 2.75) is 85.5 Å². The molecule has 0 saturated carbocycles. The van der Waals surface area contributed by atoms with E-state index >= 15 is 0 Å². The Morgan fingerprint density at radius 2 is 0.924 bits per heavy atom. The van der Waals surface area contributed by atoms with Crippen LogP contribution in [0, 0.1) is 0 Å². The molecule has 24 heteroatoms. The van der Waals surface area contributed by atoms with Crippen LogP contribution in [-0.2, 0) is 42.4 Å². The molecule has 79 heavy (non-hydrogen) atoms. The number of piperazine rings is 3. The van der Waals surface area contributed by atoms with E-state index in [1.165, 1.54) is 0 Å². The van der Waals surface area contributed by atoms with Gasteiger partial charge in [0.15, 0.2) is 17.2 Å². The Hall–Kier alpha value is -6.83. The molecule has 0 unspecified atom stereocenters. The molecule has 3 aliphatic heterocycles. The summed E-state index contributed by atoms with van der Waals surface area (Å²) in [6.45, 7) is 26.9. The van der Waals surface area contributed by atoms with E-state index in [0.29, 0.717) is 132 Å². The van der Waals surface area contributed by atoms with Gasteiger partial charge in [-0.25, -0.2) is 0 Å². The summed E-state index contributed by atoms with van der Waals surface area (Å²) in [4.78, 5) is 91.1. The third-order valence-electron chi connectivity index (χ3n) is 13.8. The van der Waals surface area contributed by atoms with Crippen molar-refractivity contribution in [2.24, 2.45) is 7.05 Å². The van der Waals surface area contributed by atoms with Gasteiger partial charge in [0.1, 0.15) is 5.82 Å². The fourth-order valence-electron chi connectivity index (χ4n) is 10.2. The minimum atomic E-state index is -0.322. The highest BCUT2D eigenvalue weighted by Gasteiger charge is 2.28. The fourth-order valence-corrected chi connectivity index (χ4v) is 10.2. The van der Waals surface area contributed by atoms with E-state index in [1.807, 2.05) is 98.7 Å². The summed E-state index contributed by atoms with van der Waals surface area (Å²) in [6.07, 6.45) is 0. The van der Waals surface area contributed by atoms with Crippen molar-refractivity contribution in [3.8, 4) is 11.3 Å². The van der Waals surface area contributed by atoms with Gasteiger partial charge < -0.3 is 36.4 Å². The zero-order valence-electron chi connectivity index (χ0n) is 47.8. The van der Waals surface area contributed by atoms with Crippen LogP contribution in [0.15, 0.2) is 47.0 Å². The van der Waals surface area contributed by atoms with Gasteiger partial charge in [-0.2, -0.15) is 10.2 Å². The molecule has 428 valence electrons. The molecule has 3 fully saturated rings. The zero-order valence-corrected chi connectivity index (χ0v) is 47.8. The SMILES string of the molecule is Cn1nc(-c2ccc3c(c2)c(NC(=O)CN2CCN(CC(=O)NC(C)(C)C)CC2)nn3Cc2cccc3onc(NC(=O)CN4CCN(CC(=O)NC(C)(C)C)CC4)c23)cc1NC(=O)CN1CCN(CC(=O)NC(C)(C)C)CC1. The number of amides is 6. The van der Waals surface area contributed by atoms with Gasteiger partial charge in [0.05, 0.1) is 62.4 Å². The number of benzene rings is 2. The molecule has 6 amide bonds. The molecule has 0 spiro atoms. The van der Waals surface area contributed by atoms with Crippen molar-refractivity contribution in [1.29, 1.82) is 0 Å². The van der Waals surface area contributed by atoms with Gasteiger partial charge in [0, 0.05) is 119 Å². The topological polar surface area (TPSA) is 256 Å². The average molecular weight is 1090 g/mol. The van der Waals surface area contributed by atoms with Crippen LogP contribution in [0.5, 0.6) is 0 Å². The van der Waals surface area contributed by atoms with Crippen molar-refractivity contribution < 1.29 is 33.3 Å². The summed E-state index contributed by atoms with van der Waals surface area (Å²) < 4.78 is 9.17. The first kappa shape index (κ1) is 58.3. The lowest BCUT2D eigenvalue weighted by atomic mass is 10.1. The van der Waals surface area contributed by atoms with Gasteiger partial charge in [-0.15, -0.1) is 0 Å². The number of nitrogens with zero attached hydrogens (tertiary/aromatic N) is 11. The Morgan fingerprint density at radius 1 is 0.506 bits per heavy atom. The number of anilines is 3. The van der Waals surface area contributed by atoms with Crippen LogP contribution in [0.1, 0.15) is 67.9 Å². The lowest BCUT2D eigenvalue weighted by Gasteiger charge is -2.34. The molecule has 24 nitrogen and oxygen atoms in total. The van der Waals surface area contributed by atoms with E-state index < -0.39 is 0 Å². The molecule has 3 saturated heterocycles. The summed E-state index contributed by atoms with van der Waals surface area (Å²) in [5.74, 6) is 0.408. The van der Waals surface area contributed by atoms with Crippen molar-refractivity contribution in [3.63, 3.8) is 0 Å². The molecule has 6 N–H and O–H groups in total. The quantitative estimate of drug-likeness (QED) is 0.0734. The molecular formula is C55H81N17O7. The first-order valence-corrected chi connectivity index (χ1v) is 27.4. The van der Waals surface area contributed by atoms with E-state index in [-0.39, 0.29) is 84.1 Å². The molecule has 8 rings (SSSR count). The molecular weight excluding hydrogens is 1010 g/mol. The first-order valence-electron chi connectivity index (χ1n) is 27.4. The van der Waals surface area contributed by atoms with Gasteiger partial charge in [0.2, 0.25) is 35.4 Å². The number of hydrogen-bond donors (Lipinski definition) is 6. The maximum atomic E-state index is 14.0. The van der Waals surface area contributed by atoms with Gasteiger partial charge in [-0.1, -0.05) is 23.4 Å². The lowest BCUT2D eigenvalue weighted by Crippen LogP contribution is -2.52. The van der Waals surface area contributed by atoms with Crippen molar-refractivity contribution >= 4 is 74.8 Å². The first-order chi connectivity index (χ1) is 37.3. The summed E-state index contributed by atoms with van der Waals surface area (Å²) in [7, 11) is 1.77. The predicted octanol–water partition coefficient (Wildman–Crippen LogP) is 2.04. The second-order valence-electron chi connectivity index (χ2n) is 24.3. The summed E-state index contributed by atoms with van der Waals surface area (Å²) in [6, 6.07) is 13.2. The largest absolute Gasteiger partial charge is 0.354 e. The number of aromatic nitrogens is 5. The highest BCUT2D eigenvalue weighted by atomic mass is 16.5.